The second kappa shape index (κ2) is 15.8. The topological polar surface area (TPSA) is 135 Å². The van der Waals surface area contributed by atoms with E-state index in [1.807, 2.05) is 24.3 Å². The maximum Gasteiger partial charge on any atom is 0.328 e. The number of hydrogen-bond acceptors (Lipinski definition) is 9. The zero-order valence-corrected chi connectivity index (χ0v) is 19.2. The molecular formula is C21H29N3O7S. The summed E-state index contributed by atoms with van der Waals surface area (Å²) in [7, 11) is 5.81. The van der Waals surface area contributed by atoms with E-state index >= 15 is 0 Å². The molecule has 0 atom stereocenters. The molecule has 0 aliphatic carbocycles. The SMILES string of the molecule is COCCSCc1nnc(-c2ccc(OCCCN(C)C)cc2)o1.O=C(O)C=CC(=O)O. The van der Waals surface area contributed by atoms with E-state index in [0.717, 1.165) is 36.6 Å². The molecule has 2 rings (SSSR count). The number of hydrogen-bond donors (Lipinski definition) is 2. The molecule has 10 nitrogen and oxygen atoms in total. The van der Waals surface area contributed by atoms with Crippen LogP contribution in [0.1, 0.15) is 12.3 Å². The molecule has 1 aromatic heterocycles. The smallest absolute Gasteiger partial charge is 0.328 e. The molecule has 1 aromatic carbocycles. The number of carboxylic acid groups (broad SMARTS) is 2. The van der Waals surface area contributed by atoms with Crippen LogP contribution in [0, 0.1) is 0 Å². The number of thioether (sulfide) groups is 1. The molecule has 176 valence electrons. The lowest BCUT2D eigenvalue weighted by Gasteiger charge is -2.10. The van der Waals surface area contributed by atoms with Gasteiger partial charge in [0.25, 0.3) is 0 Å². The Hall–Kier alpha value is -2.89. The molecule has 0 amide bonds. The van der Waals surface area contributed by atoms with Crippen LogP contribution in [0.25, 0.3) is 11.5 Å². The summed E-state index contributed by atoms with van der Waals surface area (Å²) in [6.07, 6.45) is 2.12. The zero-order chi connectivity index (χ0) is 23.8. The number of benzene rings is 1. The molecule has 2 N–H and O–H groups in total. The Kier molecular flexibility index (Phi) is 13.4. The number of rotatable bonds is 13. The van der Waals surface area contributed by atoms with Crippen molar-refractivity contribution in [1.29, 1.82) is 0 Å². The van der Waals surface area contributed by atoms with Gasteiger partial charge in [-0.05, 0) is 44.8 Å². The van der Waals surface area contributed by atoms with E-state index in [4.69, 9.17) is 24.1 Å². The summed E-state index contributed by atoms with van der Waals surface area (Å²) >= 11 is 1.71. The molecule has 0 aliphatic rings. The number of carboxylic acids is 2. The lowest BCUT2D eigenvalue weighted by Crippen LogP contribution is -2.15. The molecule has 0 saturated carbocycles. The third-order valence-electron chi connectivity index (χ3n) is 3.61. The highest BCUT2D eigenvalue weighted by Gasteiger charge is 2.09. The van der Waals surface area contributed by atoms with Gasteiger partial charge in [-0.3, -0.25) is 0 Å². The number of carbonyl (C=O) groups is 2. The van der Waals surface area contributed by atoms with Crippen LogP contribution in [0.15, 0.2) is 40.8 Å². The number of methoxy groups -OCH3 is 1. The third kappa shape index (κ3) is 12.7. The summed E-state index contributed by atoms with van der Waals surface area (Å²) in [6, 6.07) is 7.75. The van der Waals surface area contributed by atoms with Gasteiger partial charge in [0.2, 0.25) is 11.8 Å². The summed E-state index contributed by atoms with van der Waals surface area (Å²) in [5.41, 5.74) is 0.899. The van der Waals surface area contributed by atoms with E-state index in [0.29, 0.717) is 36.3 Å². The van der Waals surface area contributed by atoms with E-state index in [-0.39, 0.29) is 0 Å². The maximum atomic E-state index is 9.55. The van der Waals surface area contributed by atoms with Crippen molar-refractivity contribution >= 4 is 23.7 Å². The fourth-order valence-corrected chi connectivity index (χ4v) is 2.86. The molecule has 1 heterocycles. The Balaban J connectivity index is 0.000000547. The molecule has 32 heavy (non-hydrogen) atoms. The van der Waals surface area contributed by atoms with E-state index in [2.05, 4.69) is 29.2 Å². The van der Waals surface area contributed by atoms with E-state index in [1.165, 1.54) is 0 Å². The Bertz CT molecular complexity index is 822. The molecular weight excluding hydrogens is 438 g/mol. The number of aliphatic carboxylic acids is 2. The predicted molar refractivity (Wildman–Crippen MR) is 121 cm³/mol. The normalized spacial score (nSPS) is 10.8. The van der Waals surface area contributed by atoms with Crippen LogP contribution in [0.2, 0.25) is 0 Å². The Morgan fingerprint density at radius 1 is 1.09 bits per heavy atom. The van der Waals surface area contributed by atoms with E-state index in [1.54, 1.807) is 18.9 Å². The van der Waals surface area contributed by atoms with Crippen LogP contribution in [-0.2, 0) is 20.1 Å². The molecule has 0 saturated heterocycles. The van der Waals surface area contributed by atoms with Crippen LogP contribution < -0.4 is 4.74 Å². The van der Waals surface area contributed by atoms with Gasteiger partial charge in [0.05, 0.1) is 19.0 Å². The average molecular weight is 468 g/mol. The van der Waals surface area contributed by atoms with Crippen LogP contribution in [0.3, 0.4) is 0 Å². The van der Waals surface area contributed by atoms with Crippen LogP contribution in [0.5, 0.6) is 5.75 Å². The highest BCUT2D eigenvalue weighted by atomic mass is 32.2. The van der Waals surface area contributed by atoms with Crippen molar-refractivity contribution in [1.82, 2.24) is 15.1 Å². The summed E-state index contributed by atoms with van der Waals surface area (Å²) in [5.74, 6) is 1.12. The fourth-order valence-electron chi connectivity index (χ4n) is 2.14. The summed E-state index contributed by atoms with van der Waals surface area (Å²) in [5, 5.41) is 23.8. The second-order valence-corrected chi connectivity index (χ2v) is 7.69. The van der Waals surface area contributed by atoms with Crippen molar-refractivity contribution in [3.63, 3.8) is 0 Å². The summed E-state index contributed by atoms with van der Waals surface area (Å²) < 4.78 is 16.4. The summed E-state index contributed by atoms with van der Waals surface area (Å²) in [6.45, 7) is 2.45. The molecule has 11 heteroatoms. The van der Waals surface area contributed by atoms with Crippen molar-refractivity contribution < 1.29 is 33.7 Å². The monoisotopic (exact) mass is 467 g/mol. The van der Waals surface area contributed by atoms with Gasteiger partial charge in [-0.2, -0.15) is 0 Å². The minimum Gasteiger partial charge on any atom is -0.494 e. The van der Waals surface area contributed by atoms with E-state index < -0.39 is 11.9 Å². The van der Waals surface area contributed by atoms with Crippen molar-refractivity contribution in [2.75, 3.05) is 46.7 Å². The number of aromatic nitrogens is 2. The standard InChI is InChI=1S/C17H25N3O3S.C4H4O4/c1-20(2)9-4-10-22-15-7-5-14(6-8-15)17-19-18-16(23-17)13-24-12-11-21-3;5-3(6)1-2-4(7)8/h5-8H,4,9-13H2,1-3H3;1-2H,(H,5,6)(H,7,8). The zero-order valence-electron chi connectivity index (χ0n) is 18.4. The Morgan fingerprint density at radius 3 is 2.31 bits per heavy atom. The van der Waals surface area contributed by atoms with Gasteiger partial charge in [0, 0.05) is 37.1 Å². The first-order valence-electron chi connectivity index (χ1n) is 9.72. The molecule has 0 aliphatic heterocycles. The maximum absolute atomic E-state index is 9.55. The van der Waals surface area contributed by atoms with Gasteiger partial charge < -0.3 is 29.0 Å². The van der Waals surface area contributed by atoms with Gasteiger partial charge in [0.1, 0.15) is 5.75 Å². The van der Waals surface area contributed by atoms with Gasteiger partial charge in [-0.15, -0.1) is 22.0 Å². The minimum atomic E-state index is -1.26. The first kappa shape index (κ1) is 27.1. The number of nitrogens with zero attached hydrogens (tertiary/aromatic N) is 3. The van der Waals surface area contributed by atoms with Crippen LogP contribution in [0.4, 0.5) is 0 Å². The van der Waals surface area contributed by atoms with Crippen molar-refractivity contribution in [2.45, 2.75) is 12.2 Å². The van der Waals surface area contributed by atoms with Crippen molar-refractivity contribution in [3.8, 4) is 17.2 Å². The summed E-state index contributed by atoms with van der Waals surface area (Å²) in [4.78, 5) is 21.3. The molecule has 0 unspecified atom stereocenters. The molecule has 0 fully saturated rings. The van der Waals surface area contributed by atoms with Crippen LogP contribution in [-0.4, -0.2) is 84.0 Å². The lowest BCUT2D eigenvalue weighted by molar-refractivity contribution is -0.134. The Labute approximate surface area is 191 Å². The molecule has 0 spiro atoms. The molecule has 0 radical (unpaired) electrons. The van der Waals surface area contributed by atoms with E-state index in [9.17, 15) is 9.59 Å². The van der Waals surface area contributed by atoms with Gasteiger partial charge in [-0.1, -0.05) is 0 Å². The molecule has 0 bridgehead atoms. The quantitative estimate of drug-likeness (QED) is 0.332. The average Bonchev–Trinajstić information content (AvgIpc) is 3.22. The second-order valence-electron chi connectivity index (χ2n) is 6.59. The van der Waals surface area contributed by atoms with Crippen LogP contribution >= 0.6 is 11.8 Å². The largest absolute Gasteiger partial charge is 0.494 e. The number of ether oxygens (including phenoxy) is 2. The lowest BCUT2D eigenvalue weighted by atomic mass is 10.2. The van der Waals surface area contributed by atoms with Gasteiger partial charge in [-0.25, -0.2) is 9.59 Å². The third-order valence-corrected chi connectivity index (χ3v) is 4.52. The predicted octanol–water partition coefficient (Wildman–Crippen LogP) is 2.66. The van der Waals surface area contributed by atoms with Crippen molar-refractivity contribution in [3.05, 3.63) is 42.3 Å². The Morgan fingerprint density at radius 2 is 1.75 bits per heavy atom. The first-order valence-corrected chi connectivity index (χ1v) is 10.9. The fraction of sp³-hybridized carbons (Fsp3) is 0.429. The van der Waals surface area contributed by atoms with Crippen molar-refractivity contribution in [2.24, 2.45) is 0 Å². The molecule has 2 aromatic rings. The highest BCUT2D eigenvalue weighted by molar-refractivity contribution is 7.98. The van der Waals surface area contributed by atoms with Gasteiger partial charge in [0.15, 0.2) is 0 Å². The first-order chi connectivity index (χ1) is 15.3. The highest BCUT2D eigenvalue weighted by Crippen LogP contribution is 2.22. The van der Waals surface area contributed by atoms with Gasteiger partial charge >= 0.3 is 11.9 Å². The minimum absolute atomic E-state index is 0.538.